The number of nitrogens with zero attached hydrogens (tertiary/aromatic N) is 1. The average Bonchev–Trinajstić information content (AvgIpc) is 2.40. The standard InChI is InChI=1S/C15H22ClN3/c1-4-12-15(19(2)3)14(9-10-17-12)18-13-8-6-5-7-11(13)16/h4-8,14-15,17-18H,9-10H2,1-3H3/b12-4+. The second kappa shape index (κ2) is 6.31. The molecule has 19 heavy (non-hydrogen) atoms. The Labute approximate surface area is 120 Å². The normalized spacial score (nSPS) is 25.4. The Morgan fingerprint density at radius 2 is 2.11 bits per heavy atom. The number of rotatable bonds is 3. The topological polar surface area (TPSA) is 27.3 Å². The number of likely N-dealkylation sites (N-methyl/N-ethyl adjacent to an activating group) is 1. The van der Waals surface area contributed by atoms with Crippen LogP contribution in [0.1, 0.15) is 13.3 Å². The van der Waals surface area contributed by atoms with Crippen LogP contribution >= 0.6 is 11.6 Å². The molecule has 1 heterocycles. The van der Waals surface area contributed by atoms with Crippen LogP contribution < -0.4 is 10.6 Å². The van der Waals surface area contributed by atoms with E-state index in [1.165, 1.54) is 5.70 Å². The second-order valence-corrected chi connectivity index (χ2v) is 5.51. The van der Waals surface area contributed by atoms with Crippen molar-refractivity contribution in [2.45, 2.75) is 25.4 Å². The van der Waals surface area contributed by atoms with Crippen LogP contribution in [0, 0.1) is 0 Å². The first-order valence-electron chi connectivity index (χ1n) is 6.71. The first kappa shape index (κ1) is 14.2. The van der Waals surface area contributed by atoms with Crippen molar-refractivity contribution in [1.82, 2.24) is 10.2 Å². The fraction of sp³-hybridized carbons (Fsp3) is 0.467. The predicted molar refractivity (Wildman–Crippen MR) is 82.7 cm³/mol. The number of para-hydroxylation sites is 1. The molecule has 2 N–H and O–H groups in total. The van der Waals surface area contributed by atoms with Gasteiger partial charge in [0.15, 0.2) is 0 Å². The minimum absolute atomic E-state index is 0.343. The number of anilines is 1. The first-order chi connectivity index (χ1) is 9.13. The summed E-state index contributed by atoms with van der Waals surface area (Å²) in [5, 5.41) is 7.85. The molecule has 2 atom stereocenters. The Kier molecular flexibility index (Phi) is 4.72. The van der Waals surface area contributed by atoms with E-state index in [4.69, 9.17) is 11.6 Å². The van der Waals surface area contributed by atoms with E-state index >= 15 is 0 Å². The molecule has 0 bridgehead atoms. The monoisotopic (exact) mass is 279 g/mol. The molecular formula is C15H22ClN3. The number of hydrogen-bond acceptors (Lipinski definition) is 3. The summed E-state index contributed by atoms with van der Waals surface area (Å²) < 4.78 is 0. The maximum Gasteiger partial charge on any atom is 0.0691 e. The summed E-state index contributed by atoms with van der Waals surface area (Å²) in [5.74, 6) is 0. The van der Waals surface area contributed by atoms with Gasteiger partial charge in [-0.15, -0.1) is 0 Å². The number of nitrogens with one attached hydrogen (secondary N) is 2. The van der Waals surface area contributed by atoms with E-state index in [2.05, 4.69) is 42.6 Å². The molecule has 1 aliphatic rings. The molecule has 1 aromatic carbocycles. The summed E-state index contributed by atoms with van der Waals surface area (Å²) >= 11 is 6.23. The van der Waals surface area contributed by atoms with Gasteiger partial charge in [-0.1, -0.05) is 29.8 Å². The van der Waals surface area contributed by atoms with E-state index in [1.54, 1.807) is 0 Å². The number of allylic oxidation sites excluding steroid dienone is 1. The van der Waals surface area contributed by atoms with Crippen LogP contribution in [0.5, 0.6) is 0 Å². The molecule has 0 aromatic heterocycles. The molecule has 1 aliphatic heterocycles. The zero-order chi connectivity index (χ0) is 13.8. The number of benzene rings is 1. The first-order valence-corrected chi connectivity index (χ1v) is 7.09. The maximum absolute atomic E-state index is 6.23. The number of piperidine rings is 1. The Hall–Kier alpha value is -1.19. The summed E-state index contributed by atoms with van der Waals surface area (Å²) in [4.78, 5) is 2.25. The molecule has 1 aromatic rings. The molecule has 3 nitrogen and oxygen atoms in total. The van der Waals surface area contributed by atoms with Crippen molar-refractivity contribution in [2.75, 3.05) is 26.0 Å². The highest BCUT2D eigenvalue weighted by molar-refractivity contribution is 6.33. The second-order valence-electron chi connectivity index (χ2n) is 5.10. The third-order valence-electron chi connectivity index (χ3n) is 3.57. The molecule has 1 fully saturated rings. The van der Waals surface area contributed by atoms with Gasteiger partial charge >= 0.3 is 0 Å². The Bertz CT molecular complexity index is 456. The smallest absolute Gasteiger partial charge is 0.0691 e. The fourth-order valence-corrected chi connectivity index (χ4v) is 2.88. The van der Waals surface area contributed by atoms with Crippen molar-refractivity contribution in [2.24, 2.45) is 0 Å². The fourth-order valence-electron chi connectivity index (χ4n) is 2.69. The van der Waals surface area contributed by atoms with Crippen molar-refractivity contribution >= 4 is 17.3 Å². The molecule has 0 aliphatic carbocycles. The minimum Gasteiger partial charge on any atom is -0.387 e. The number of hydrogen-bond donors (Lipinski definition) is 2. The third-order valence-corrected chi connectivity index (χ3v) is 3.90. The van der Waals surface area contributed by atoms with E-state index in [1.807, 2.05) is 24.3 Å². The third kappa shape index (κ3) is 3.23. The average molecular weight is 280 g/mol. The van der Waals surface area contributed by atoms with E-state index in [0.717, 1.165) is 23.7 Å². The molecule has 104 valence electrons. The van der Waals surface area contributed by atoms with Gasteiger partial charge in [0.2, 0.25) is 0 Å². The quantitative estimate of drug-likeness (QED) is 0.891. The van der Waals surface area contributed by atoms with Crippen LogP contribution in [0.3, 0.4) is 0 Å². The van der Waals surface area contributed by atoms with E-state index in [-0.39, 0.29) is 0 Å². The predicted octanol–water partition coefficient (Wildman–Crippen LogP) is 2.95. The zero-order valence-corrected chi connectivity index (χ0v) is 12.5. The van der Waals surface area contributed by atoms with Crippen molar-refractivity contribution in [3.63, 3.8) is 0 Å². The minimum atomic E-state index is 0.343. The molecule has 0 saturated carbocycles. The van der Waals surface area contributed by atoms with Gasteiger partial charge in [0.1, 0.15) is 0 Å². The van der Waals surface area contributed by atoms with Crippen molar-refractivity contribution in [3.05, 3.63) is 41.1 Å². The van der Waals surface area contributed by atoms with Crippen LogP contribution in [0.4, 0.5) is 5.69 Å². The van der Waals surface area contributed by atoms with Crippen molar-refractivity contribution in [3.8, 4) is 0 Å². The molecule has 0 radical (unpaired) electrons. The van der Waals surface area contributed by atoms with Gasteiger partial charge in [0.05, 0.1) is 16.8 Å². The highest BCUT2D eigenvalue weighted by Gasteiger charge is 2.30. The Morgan fingerprint density at radius 3 is 2.74 bits per heavy atom. The van der Waals surface area contributed by atoms with Crippen molar-refractivity contribution < 1.29 is 0 Å². The zero-order valence-electron chi connectivity index (χ0n) is 11.8. The lowest BCUT2D eigenvalue weighted by Crippen LogP contribution is -2.52. The summed E-state index contributed by atoms with van der Waals surface area (Å²) in [6, 6.07) is 8.63. The van der Waals surface area contributed by atoms with Gasteiger partial charge in [-0.2, -0.15) is 0 Å². The molecule has 2 unspecified atom stereocenters. The van der Waals surface area contributed by atoms with Crippen molar-refractivity contribution in [1.29, 1.82) is 0 Å². The molecule has 4 heteroatoms. The lowest BCUT2D eigenvalue weighted by Gasteiger charge is -2.39. The Balaban J connectivity index is 2.20. The lowest BCUT2D eigenvalue weighted by atomic mass is 9.95. The molecular weight excluding hydrogens is 258 g/mol. The van der Waals surface area contributed by atoms with E-state index in [0.29, 0.717) is 12.1 Å². The van der Waals surface area contributed by atoms with Gasteiger partial charge in [-0.25, -0.2) is 0 Å². The van der Waals surface area contributed by atoms with Gasteiger partial charge in [0, 0.05) is 18.3 Å². The summed E-state index contributed by atoms with van der Waals surface area (Å²) in [6.45, 7) is 3.07. The number of halogens is 1. The summed E-state index contributed by atoms with van der Waals surface area (Å²) in [6.07, 6.45) is 3.23. The van der Waals surface area contributed by atoms with Gasteiger partial charge in [-0.3, -0.25) is 4.90 Å². The molecule has 1 saturated heterocycles. The Morgan fingerprint density at radius 1 is 1.37 bits per heavy atom. The highest BCUT2D eigenvalue weighted by Crippen LogP contribution is 2.26. The van der Waals surface area contributed by atoms with Gasteiger partial charge < -0.3 is 10.6 Å². The lowest BCUT2D eigenvalue weighted by molar-refractivity contribution is 0.260. The maximum atomic E-state index is 6.23. The summed E-state index contributed by atoms with van der Waals surface area (Å²) in [5.41, 5.74) is 2.29. The van der Waals surface area contributed by atoms with Gasteiger partial charge in [0.25, 0.3) is 0 Å². The van der Waals surface area contributed by atoms with Crippen LogP contribution in [0.15, 0.2) is 36.0 Å². The highest BCUT2D eigenvalue weighted by atomic mass is 35.5. The van der Waals surface area contributed by atoms with Crippen LogP contribution in [-0.2, 0) is 0 Å². The molecule has 0 amide bonds. The van der Waals surface area contributed by atoms with Crippen LogP contribution in [-0.4, -0.2) is 37.6 Å². The SMILES string of the molecule is C/C=C1/NCCC(Nc2ccccc2Cl)C1N(C)C. The van der Waals surface area contributed by atoms with E-state index in [9.17, 15) is 0 Å². The van der Waals surface area contributed by atoms with E-state index < -0.39 is 0 Å². The van der Waals surface area contributed by atoms with Crippen LogP contribution in [0.2, 0.25) is 5.02 Å². The largest absolute Gasteiger partial charge is 0.387 e. The molecule has 2 rings (SSSR count). The summed E-state index contributed by atoms with van der Waals surface area (Å²) in [7, 11) is 4.23. The molecule has 0 spiro atoms. The van der Waals surface area contributed by atoms with Crippen LogP contribution in [0.25, 0.3) is 0 Å². The van der Waals surface area contributed by atoms with Gasteiger partial charge in [-0.05, 0) is 39.6 Å².